The first-order valence-corrected chi connectivity index (χ1v) is 9.13. The molecule has 0 bridgehead atoms. The summed E-state index contributed by atoms with van der Waals surface area (Å²) in [6.07, 6.45) is 0. The van der Waals surface area contributed by atoms with Crippen molar-refractivity contribution in [1.82, 2.24) is 5.32 Å². The highest BCUT2D eigenvalue weighted by Gasteiger charge is 2.25. The van der Waals surface area contributed by atoms with Gasteiger partial charge in [-0.3, -0.25) is 9.59 Å². The monoisotopic (exact) mass is 418 g/mol. The maximum atomic E-state index is 12.7. The van der Waals surface area contributed by atoms with Crippen LogP contribution in [-0.4, -0.2) is 25.0 Å². The second-order valence-corrected chi connectivity index (χ2v) is 7.25. The lowest BCUT2D eigenvalue weighted by Crippen LogP contribution is -2.47. The van der Waals surface area contributed by atoms with Gasteiger partial charge in [-0.25, -0.2) is 0 Å². The lowest BCUT2D eigenvalue weighted by Gasteiger charge is -2.22. The minimum atomic E-state index is -0.655. The zero-order valence-corrected chi connectivity index (χ0v) is 16.9. The Hall–Kier alpha value is -2.34. The van der Waals surface area contributed by atoms with E-state index in [1.165, 1.54) is 0 Å². The number of benzene rings is 2. The summed E-state index contributed by atoms with van der Waals surface area (Å²) in [5.74, 6) is 0.0428. The van der Waals surface area contributed by atoms with Crippen molar-refractivity contribution < 1.29 is 14.3 Å². The highest BCUT2D eigenvalue weighted by Crippen LogP contribution is 2.24. The lowest BCUT2D eigenvalue weighted by molar-refractivity contribution is -0.118. The molecular formula is C20H23BrN2O3. The number of halogens is 1. The summed E-state index contributed by atoms with van der Waals surface area (Å²) < 4.78 is 5.89. The molecule has 138 valence electrons. The van der Waals surface area contributed by atoms with Gasteiger partial charge in [0.05, 0.1) is 12.8 Å². The van der Waals surface area contributed by atoms with Crippen LogP contribution < -0.4 is 15.4 Å². The quantitative estimate of drug-likeness (QED) is 0.739. The minimum Gasteiger partial charge on any atom is -0.497 e. The Kier molecular flexibility index (Phi) is 6.80. The first-order chi connectivity index (χ1) is 12.3. The van der Waals surface area contributed by atoms with Crippen LogP contribution in [-0.2, 0) is 4.79 Å². The zero-order valence-electron chi connectivity index (χ0n) is 15.3. The predicted molar refractivity (Wildman–Crippen MR) is 107 cm³/mol. The Morgan fingerprint density at radius 2 is 1.73 bits per heavy atom. The Morgan fingerprint density at radius 3 is 2.27 bits per heavy atom. The molecule has 2 aromatic rings. The molecule has 0 spiro atoms. The molecule has 0 aliphatic heterocycles. The number of hydrogen-bond acceptors (Lipinski definition) is 3. The predicted octanol–water partition coefficient (Wildman–Crippen LogP) is 4.16. The van der Waals surface area contributed by atoms with Gasteiger partial charge >= 0.3 is 0 Å². The molecule has 2 aromatic carbocycles. The number of carbonyl (C=O) groups is 2. The van der Waals surface area contributed by atoms with Crippen LogP contribution in [0.3, 0.4) is 0 Å². The fourth-order valence-electron chi connectivity index (χ4n) is 2.43. The van der Waals surface area contributed by atoms with Gasteiger partial charge in [0, 0.05) is 10.0 Å². The summed E-state index contributed by atoms with van der Waals surface area (Å²) in [6.45, 7) is 5.76. The number of aryl methyl sites for hydroxylation is 1. The maximum absolute atomic E-state index is 12.7. The summed E-state index contributed by atoms with van der Waals surface area (Å²) in [6, 6.07) is 11.8. The third-order valence-corrected chi connectivity index (χ3v) is 4.63. The fourth-order valence-corrected chi connectivity index (χ4v) is 3.03. The molecule has 0 aliphatic rings. The Balaban J connectivity index is 2.11. The van der Waals surface area contributed by atoms with Crippen LogP contribution >= 0.6 is 15.9 Å². The zero-order chi connectivity index (χ0) is 19.3. The second-order valence-electron chi connectivity index (χ2n) is 6.40. The van der Waals surface area contributed by atoms with Crippen molar-refractivity contribution in [2.24, 2.45) is 5.92 Å². The van der Waals surface area contributed by atoms with Crippen LogP contribution in [0.2, 0.25) is 0 Å². The molecular weight excluding hydrogens is 396 g/mol. The molecule has 6 heteroatoms. The second kappa shape index (κ2) is 8.85. The van der Waals surface area contributed by atoms with Gasteiger partial charge in [0.1, 0.15) is 11.8 Å². The van der Waals surface area contributed by atoms with E-state index in [0.717, 1.165) is 10.0 Å². The van der Waals surface area contributed by atoms with Crippen LogP contribution in [0.4, 0.5) is 5.69 Å². The molecule has 0 saturated carbocycles. The molecule has 5 nitrogen and oxygen atoms in total. The van der Waals surface area contributed by atoms with Crippen molar-refractivity contribution in [1.29, 1.82) is 0 Å². The molecule has 0 aliphatic carbocycles. The molecule has 2 amide bonds. The Bertz CT molecular complexity index is 788. The molecule has 1 atom stereocenters. The van der Waals surface area contributed by atoms with Crippen LogP contribution in [0.5, 0.6) is 5.75 Å². The molecule has 0 aromatic heterocycles. The molecule has 26 heavy (non-hydrogen) atoms. The molecule has 0 fully saturated rings. The third kappa shape index (κ3) is 5.08. The van der Waals surface area contributed by atoms with Crippen LogP contribution in [0.15, 0.2) is 46.9 Å². The summed E-state index contributed by atoms with van der Waals surface area (Å²) in [5.41, 5.74) is 2.23. The largest absolute Gasteiger partial charge is 0.497 e. The summed E-state index contributed by atoms with van der Waals surface area (Å²) in [5, 5.41) is 5.69. The highest BCUT2D eigenvalue weighted by atomic mass is 79.9. The van der Waals surface area contributed by atoms with E-state index in [1.54, 1.807) is 31.4 Å². The fraction of sp³-hybridized carbons (Fsp3) is 0.300. The molecule has 0 saturated heterocycles. The van der Waals surface area contributed by atoms with Crippen molar-refractivity contribution in [3.05, 3.63) is 58.1 Å². The topological polar surface area (TPSA) is 67.4 Å². The smallest absolute Gasteiger partial charge is 0.251 e. The van der Waals surface area contributed by atoms with Gasteiger partial charge in [-0.15, -0.1) is 0 Å². The number of anilines is 1. The number of hydrogen-bond donors (Lipinski definition) is 2. The number of methoxy groups -OCH3 is 1. The Morgan fingerprint density at radius 1 is 1.08 bits per heavy atom. The number of carbonyl (C=O) groups excluding carboxylic acids is 2. The number of ether oxygens (including phenoxy) is 1. The summed E-state index contributed by atoms with van der Waals surface area (Å²) in [4.78, 5) is 25.2. The molecule has 1 unspecified atom stereocenters. The van der Waals surface area contributed by atoms with Crippen molar-refractivity contribution in [3.63, 3.8) is 0 Å². The van der Waals surface area contributed by atoms with Crippen LogP contribution in [0.25, 0.3) is 0 Å². The third-order valence-electron chi connectivity index (χ3n) is 3.97. The van der Waals surface area contributed by atoms with Crippen LogP contribution in [0.1, 0.15) is 29.8 Å². The Labute approximate surface area is 162 Å². The van der Waals surface area contributed by atoms with E-state index in [9.17, 15) is 9.59 Å². The summed E-state index contributed by atoms with van der Waals surface area (Å²) >= 11 is 3.45. The normalized spacial score (nSPS) is 11.8. The summed E-state index contributed by atoms with van der Waals surface area (Å²) in [7, 11) is 1.57. The minimum absolute atomic E-state index is 0.0681. The van der Waals surface area contributed by atoms with E-state index < -0.39 is 6.04 Å². The van der Waals surface area contributed by atoms with Crippen molar-refractivity contribution in [2.45, 2.75) is 26.8 Å². The standard InChI is InChI=1S/C20H23BrN2O3/c1-12(2)18(20(25)22-17-10-5-13(3)11-16(17)21)23-19(24)14-6-8-15(26-4)9-7-14/h5-12,18H,1-4H3,(H,22,25)(H,23,24). The molecule has 2 N–H and O–H groups in total. The van der Waals surface area contributed by atoms with Gasteiger partial charge in [0.15, 0.2) is 0 Å². The van der Waals surface area contributed by atoms with Gasteiger partial charge < -0.3 is 15.4 Å². The van der Waals surface area contributed by atoms with Crippen molar-refractivity contribution in [2.75, 3.05) is 12.4 Å². The highest BCUT2D eigenvalue weighted by molar-refractivity contribution is 9.10. The van der Waals surface area contributed by atoms with Gasteiger partial charge in [0.2, 0.25) is 5.91 Å². The van der Waals surface area contributed by atoms with Gasteiger partial charge in [-0.1, -0.05) is 19.9 Å². The number of rotatable bonds is 6. The van der Waals surface area contributed by atoms with E-state index in [-0.39, 0.29) is 17.7 Å². The van der Waals surface area contributed by atoms with E-state index in [1.807, 2.05) is 39.0 Å². The molecule has 0 heterocycles. The van der Waals surface area contributed by atoms with E-state index >= 15 is 0 Å². The maximum Gasteiger partial charge on any atom is 0.251 e. The lowest BCUT2D eigenvalue weighted by atomic mass is 10.0. The van der Waals surface area contributed by atoms with Gasteiger partial charge in [-0.05, 0) is 70.7 Å². The van der Waals surface area contributed by atoms with Gasteiger partial charge in [-0.2, -0.15) is 0 Å². The van der Waals surface area contributed by atoms with Crippen molar-refractivity contribution >= 4 is 33.4 Å². The average Bonchev–Trinajstić information content (AvgIpc) is 2.61. The van der Waals surface area contributed by atoms with Crippen LogP contribution in [0, 0.1) is 12.8 Å². The van der Waals surface area contributed by atoms with E-state index in [0.29, 0.717) is 17.0 Å². The first-order valence-electron chi connectivity index (χ1n) is 8.33. The molecule has 0 radical (unpaired) electrons. The van der Waals surface area contributed by atoms with Crippen molar-refractivity contribution in [3.8, 4) is 5.75 Å². The van der Waals surface area contributed by atoms with Gasteiger partial charge in [0.25, 0.3) is 5.91 Å². The average molecular weight is 419 g/mol. The molecule has 2 rings (SSSR count). The SMILES string of the molecule is COc1ccc(C(=O)NC(C(=O)Nc2ccc(C)cc2Br)C(C)C)cc1. The number of nitrogens with one attached hydrogen (secondary N) is 2. The van der Waals surface area contributed by atoms with E-state index in [2.05, 4.69) is 26.6 Å². The first kappa shape index (κ1) is 20.0. The van der Waals surface area contributed by atoms with E-state index in [4.69, 9.17) is 4.74 Å². The number of amides is 2.